The Bertz CT molecular complexity index is 922. The molecule has 1 aliphatic carbocycles. The summed E-state index contributed by atoms with van der Waals surface area (Å²) in [7, 11) is 1.52. The average molecular weight is 399 g/mol. The normalized spacial score (nSPS) is 16.1. The Morgan fingerprint density at radius 1 is 1.14 bits per heavy atom. The van der Waals surface area contributed by atoms with Crippen molar-refractivity contribution in [3.05, 3.63) is 52.5 Å². The Labute approximate surface area is 169 Å². The number of benzene rings is 2. The fourth-order valence-electron chi connectivity index (χ4n) is 4.16. The summed E-state index contributed by atoms with van der Waals surface area (Å²) in [5.41, 5.74) is 3.13. The van der Waals surface area contributed by atoms with E-state index in [0.717, 1.165) is 43.4 Å². The van der Waals surface area contributed by atoms with Gasteiger partial charge in [0, 0.05) is 28.9 Å². The number of hydrogen-bond donors (Lipinski definition) is 1. The highest BCUT2D eigenvalue weighted by atomic mass is 35.5. The Morgan fingerprint density at radius 3 is 2.68 bits per heavy atom. The molecule has 2 aromatic rings. The first-order chi connectivity index (χ1) is 13.6. The van der Waals surface area contributed by atoms with Crippen LogP contribution in [0.4, 0.5) is 11.4 Å². The lowest BCUT2D eigenvalue weighted by atomic mass is 10.1. The number of carbonyl (C=O) groups is 2. The van der Waals surface area contributed by atoms with Gasteiger partial charge in [0.2, 0.25) is 5.91 Å². The van der Waals surface area contributed by atoms with E-state index in [2.05, 4.69) is 5.32 Å². The third-order valence-electron chi connectivity index (χ3n) is 5.61. The molecule has 0 bridgehead atoms. The van der Waals surface area contributed by atoms with Crippen LogP contribution >= 0.6 is 11.6 Å². The van der Waals surface area contributed by atoms with E-state index < -0.39 is 0 Å². The standard InChI is InChI=1S/C22H23ClN2O3/c1-28-20-9-6-16(23)13-18(20)21(26)24-17-7-8-19-15(12-17)10-11-25(19)22(27)14-4-2-3-5-14/h6-9,12-14H,2-5,10-11H2,1H3,(H,24,26). The third-order valence-corrected chi connectivity index (χ3v) is 5.84. The Hall–Kier alpha value is -2.53. The second kappa shape index (κ2) is 7.84. The van der Waals surface area contributed by atoms with E-state index in [1.165, 1.54) is 7.11 Å². The first-order valence-electron chi connectivity index (χ1n) is 9.66. The molecule has 2 amide bonds. The molecule has 0 radical (unpaired) electrons. The lowest BCUT2D eigenvalue weighted by Gasteiger charge is -2.21. The molecular formula is C22H23ClN2O3. The molecule has 0 atom stereocenters. The summed E-state index contributed by atoms with van der Waals surface area (Å²) < 4.78 is 5.26. The van der Waals surface area contributed by atoms with Gasteiger partial charge in [-0.25, -0.2) is 0 Å². The number of hydrogen-bond acceptors (Lipinski definition) is 3. The quantitative estimate of drug-likeness (QED) is 0.813. The Morgan fingerprint density at radius 2 is 1.93 bits per heavy atom. The molecule has 1 saturated carbocycles. The lowest BCUT2D eigenvalue weighted by Crippen LogP contribution is -2.33. The maximum absolute atomic E-state index is 12.8. The van der Waals surface area contributed by atoms with E-state index in [4.69, 9.17) is 16.3 Å². The van der Waals surface area contributed by atoms with E-state index in [9.17, 15) is 9.59 Å². The molecule has 28 heavy (non-hydrogen) atoms. The smallest absolute Gasteiger partial charge is 0.259 e. The number of ether oxygens (including phenoxy) is 1. The van der Waals surface area contributed by atoms with Gasteiger partial charge >= 0.3 is 0 Å². The molecule has 0 saturated heterocycles. The van der Waals surface area contributed by atoms with Crippen LogP contribution in [0.5, 0.6) is 5.75 Å². The summed E-state index contributed by atoms with van der Waals surface area (Å²) in [4.78, 5) is 27.4. The number of methoxy groups -OCH3 is 1. The van der Waals surface area contributed by atoms with Gasteiger partial charge in [-0.05, 0) is 61.2 Å². The molecule has 0 spiro atoms. The fraction of sp³-hybridized carbons (Fsp3) is 0.364. The highest BCUT2D eigenvalue weighted by Crippen LogP contribution is 2.35. The van der Waals surface area contributed by atoms with Gasteiger partial charge in [-0.1, -0.05) is 24.4 Å². The van der Waals surface area contributed by atoms with Crippen molar-refractivity contribution in [2.45, 2.75) is 32.1 Å². The Kier molecular flexibility index (Phi) is 5.27. The highest BCUT2D eigenvalue weighted by molar-refractivity contribution is 6.31. The van der Waals surface area contributed by atoms with Crippen LogP contribution in [0.15, 0.2) is 36.4 Å². The van der Waals surface area contributed by atoms with Gasteiger partial charge in [-0.3, -0.25) is 9.59 Å². The van der Waals surface area contributed by atoms with Crippen LogP contribution in [0.2, 0.25) is 5.02 Å². The zero-order valence-corrected chi connectivity index (χ0v) is 16.6. The second-order valence-corrected chi connectivity index (χ2v) is 7.80. The maximum Gasteiger partial charge on any atom is 0.259 e. The zero-order chi connectivity index (χ0) is 19.7. The number of nitrogens with zero attached hydrogens (tertiary/aromatic N) is 1. The minimum atomic E-state index is -0.281. The summed E-state index contributed by atoms with van der Waals surface area (Å²) >= 11 is 6.02. The van der Waals surface area contributed by atoms with Crippen LogP contribution in [0.1, 0.15) is 41.6 Å². The molecule has 2 aromatic carbocycles. The van der Waals surface area contributed by atoms with Crippen molar-refractivity contribution in [2.75, 3.05) is 23.9 Å². The number of halogens is 1. The fourth-order valence-corrected chi connectivity index (χ4v) is 4.33. The van der Waals surface area contributed by atoms with Gasteiger partial charge in [0.1, 0.15) is 5.75 Å². The van der Waals surface area contributed by atoms with E-state index >= 15 is 0 Å². The van der Waals surface area contributed by atoms with E-state index in [1.807, 2.05) is 23.1 Å². The van der Waals surface area contributed by atoms with Crippen LogP contribution in [0, 0.1) is 5.92 Å². The van der Waals surface area contributed by atoms with Gasteiger partial charge in [-0.15, -0.1) is 0 Å². The van der Waals surface area contributed by atoms with Gasteiger partial charge in [-0.2, -0.15) is 0 Å². The van der Waals surface area contributed by atoms with Crippen molar-refractivity contribution in [1.29, 1.82) is 0 Å². The molecule has 0 aromatic heterocycles. The minimum absolute atomic E-state index is 0.167. The second-order valence-electron chi connectivity index (χ2n) is 7.36. The number of fused-ring (bicyclic) bond motifs is 1. The lowest BCUT2D eigenvalue weighted by molar-refractivity contribution is -0.122. The summed E-state index contributed by atoms with van der Waals surface area (Å²) in [5, 5.41) is 3.38. The van der Waals surface area contributed by atoms with Crippen LogP contribution in [-0.2, 0) is 11.2 Å². The van der Waals surface area contributed by atoms with E-state index in [0.29, 0.717) is 28.6 Å². The molecule has 1 heterocycles. The van der Waals surface area contributed by atoms with Crippen LogP contribution in [0.25, 0.3) is 0 Å². The van der Waals surface area contributed by atoms with Crippen molar-refractivity contribution < 1.29 is 14.3 Å². The highest BCUT2D eigenvalue weighted by Gasteiger charge is 2.31. The molecule has 0 unspecified atom stereocenters. The van der Waals surface area contributed by atoms with Crippen molar-refractivity contribution >= 4 is 34.8 Å². The summed E-state index contributed by atoms with van der Waals surface area (Å²) in [6.45, 7) is 0.712. The summed E-state index contributed by atoms with van der Waals surface area (Å²) in [6, 6.07) is 10.7. The maximum atomic E-state index is 12.8. The number of anilines is 2. The molecule has 146 valence electrons. The predicted molar refractivity (Wildman–Crippen MR) is 110 cm³/mol. The monoisotopic (exact) mass is 398 g/mol. The summed E-state index contributed by atoms with van der Waals surface area (Å²) in [6.07, 6.45) is 5.10. The van der Waals surface area contributed by atoms with Crippen molar-refractivity contribution in [3.63, 3.8) is 0 Å². The van der Waals surface area contributed by atoms with Crippen molar-refractivity contribution in [3.8, 4) is 5.75 Å². The van der Waals surface area contributed by atoms with Gasteiger partial charge < -0.3 is 15.0 Å². The molecule has 6 heteroatoms. The molecule has 4 rings (SSSR count). The predicted octanol–water partition coefficient (Wildman–Crippen LogP) is 4.68. The number of amides is 2. The van der Waals surface area contributed by atoms with Crippen molar-refractivity contribution in [2.24, 2.45) is 5.92 Å². The molecule has 1 fully saturated rings. The number of nitrogens with one attached hydrogen (secondary N) is 1. The molecule has 5 nitrogen and oxygen atoms in total. The van der Waals surface area contributed by atoms with Gasteiger partial charge in [0.15, 0.2) is 0 Å². The number of rotatable bonds is 4. The molecule has 2 aliphatic rings. The first-order valence-corrected chi connectivity index (χ1v) is 10.0. The van der Waals surface area contributed by atoms with Crippen LogP contribution < -0.4 is 15.0 Å². The topological polar surface area (TPSA) is 58.6 Å². The molecule has 1 N–H and O–H groups in total. The van der Waals surface area contributed by atoms with Crippen LogP contribution in [-0.4, -0.2) is 25.5 Å². The minimum Gasteiger partial charge on any atom is -0.496 e. The average Bonchev–Trinajstić information content (AvgIpc) is 3.37. The molecule has 1 aliphatic heterocycles. The van der Waals surface area contributed by atoms with Crippen LogP contribution in [0.3, 0.4) is 0 Å². The largest absolute Gasteiger partial charge is 0.496 e. The molecular weight excluding hydrogens is 376 g/mol. The van der Waals surface area contributed by atoms with Crippen molar-refractivity contribution in [1.82, 2.24) is 0 Å². The van der Waals surface area contributed by atoms with E-state index in [-0.39, 0.29) is 17.7 Å². The summed E-state index contributed by atoms with van der Waals surface area (Å²) in [5.74, 6) is 0.602. The van der Waals surface area contributed by atoms with E-state index in [1.54, 1.807) is 18.2 Å². The zero-order valence-electron chi connectivity index (χ0n) is 15.8. The number of carbonyl (C=O) groups excluding carboxylic acids is 2. The third kappa shape index (κ3) is 3.59. The van der Waals surface area contributed by atoms with Gasteiger partial charge in [0.05, 0.1) is 12.7 Å². The Balaban J connectivity index is 1.52. The SMILES string of the molecule is COc1ccc(Cl)cc1C(=O)Nc1ccc2c(c1)CCN2C(=O)C1CCCC1. The first kappa shape index (κ1) is 18.8. The van der Waals surface area contributed by atoms with Gasteiger partial charge in [0.25, 0.3) is 5.91 Å².